The van der Waals surface area contributed by atoms with Gasteiger partial charge in [0, 0.05) is 30.6 Å². The zero-order chi connectivity index (χ0) is 15.9. The lowest BCUT2D eigenvalue weighted by Gasteiger charge is -2.18. The minimum Gasteiger partial charge on any atom is -0.353 e. The molecule has 0 aliphatic rings. The molecule has 5 heteroatoms. The summed E-state index contributed by atoms with van der Waals surface area (Å²) in [6.45, 7) is 4.74. The van der Waals surface area contributed by atoms with Crippen molar-refractivity contribution < 1.29 is 19.1 Å². The molecule has 0 spiro atoms. The fourth-order valence-corrected chi connectivity index (χ4v) is 2.28. The van der Waals surface area contributed by atoms with Gasteiger partial charge < -0.3 is 9.47 Å². The lowest BCUT2D eigenvalue weighted by atomic mass is 10.0. The Hall–Kier alpha value is -2.11. The second-order valence-corrected chi connectivity index (χ2v) is 4.70. The third-order valence-electron chi connectivity index (χ3n) is 3.24. The Morgan fingerprint density at radius 3 is 2.55 bits per heavy atom. The van der Waals surface area contributed by atoms with Gasteiger partial charge in [-0.2, -0.15) is 0 Å². The summed E-state index contributed by atoms with van der Waals surface area (Å²) < 4.78 is 11.0. The average molecular weight is 301 g/mol. The van der Waals surface area contributed by atoms with Crippen molar-refractivity contribution in [2.24, 2.45) is 0 Å². The predicted molar refractivity (Wildman–Crippen MR) is 82.9 cm³/mol. The zero-order valence-corrected chi connectivity index (χ0v) is 12.7. The summed E-state index contributed by atoms with van der Waals surface area (Å²) >= 11 is 0. The molecule has 116 valence electrons. The number of hydrogen-bond acceptors (Lipinski definition) is 5. The number of rotatable bonds is 8. The minimum atomic E-state index is -0.583. The summed E-state index contributed by atoms with van der Waals surface area (Å²) in [6, 6.07) is 9.16. The fourth-order valence-electron chi connectivity index (χ4n) is 2.28. The smallest absolute Gasteiger partial charge is 0.227 e. The Morgan fingerprint density at radius 1 is 1.23 bits per heavy atom. The summed E-state index contributed by atoms with van der Waals surface area (Å²) in [6.07, 6.45) is 0.148. The number of benzene rings is 1. The highest BCUT2D eigenvalue weighted by atomic mass is 16.7. The summed E-state index contributed by atoms with van der Waals surface area (Å²) in [5, 5.41) is 0.820. The van der Waals surface area contributed by atoms with E-state index >= 15 is 0 Å². The summed E-state index contributed by atoms with van der Waals surface area (Å²) in [7, 11) is 0. The second kappa shape index (κ2) is 7.77. The van der Waals surface area contributed by atoms with Crippen molar-refractivity contribution in [1.82, 2.24) is 4.98 Å². The highest BCUT2D eigenvalue weighted by Crippen LogP contribution is 2.19. The van der Waals surface area contributed by atoms with E-state index < -0.39 is 12.1 Å². The van der Waals surface area contributed by atoms with Crippen molar-refractivity contribution in [1.29, 1.82) is 0 Å². The van der Waals surface area contributed by atoms with Crippen LogP contribution in [0.15, 0.2) is 30.3 Å². The third kappa shape index (κ3) is 3.75. The van der Waals surface area contributed by atoms with E-state index in [2.05, 4.69) is 4.98 Å². The topological polar surface area (TPSA) is 65.5 Å². The molecule has 2 aromatic rings. The lowest BCUT2D eigenvalue weighted by Crippen LogP contribution is -2.22. The number of Topliss-reactive ketones (excluding diaryl/α,β-unsaturated/α-hetero) is 1. The number of para-hydroxylation sites is 1. The second-order valence-electron chi connectivity index (χ2n) is 4.70. The summed E-state index contributed by atoms with van der Waals surface area (Å²) in [5.74, 6) is -0.583. The van der Waals surface area contributed by atoms with Crippen LogP contribution in [0.2, 0.25) is 0 Å². The van der Waals surface area contributed by atoms with Crippen molar-refractivity contribution in [3.8, 4) is 0 Å². The largest absolute Gasteiger partial charge is 0.353 e. The molecule has 0 saturated carbocycles. The number of ether oxygens (including phenoxy) is 2. The first-order chi connectivity index (χ1) is 10.7. The van der Waals surface area contributed by atoms with Crippen molar-refractivity contribution in [3.63, 3.8) is 0 Å². The number of pyridine rings is 1. The number of ketones is 1. The van der Waals surface area contributed by atoms with Crippen LogP contribution in [0.5, 0.6) is 0 Å². The van der Waals surface area contributed by atoms with Gasteiger partial charge in [-0.1, -0.05) is 18.2 Å². The van der Waals surface area contributed by atoms with Gasteiger partial charge >= 0.3 is 0 Å². The van der Waals surface area contributed by atoms with Crippen LogP contribution in [0.4, 0.5) is 0 Å². The van der Waals surface area contributed by atoms with Crippen molar-refractivity contribution in [2.45, 2.75) is 26.6 Å². The monoisotopic (exact) mass is 301 g/mol. The van der Waals surface area contributed by atoms with Crippen molar-refractivity contribution in [3.05, 3.63) is 41.6 Å². The van der Waals surface area contributed by atoms with Crippen LogP contribution >= 0.6 is 0 Å². The van der Waals surface area contributed by atoms with E-state index in [1.807, 2.05) is 38.1 Å². The molecule has 5 nitrogen and oxygen atoms in total. The van der Waals surface area contributed by atoms with Crippen molar-refractivity contribution >= 4 is 23.0 Å². The normalized spacial score (nSPS) is 11.0. The zero-order valence-electron chi connectivity index (χ0n) is 12.7. The van der Waals surface area contributed by atoms with E-state index in [9.17, 15) is 9.59 Å². The molecule has 0 fully saturated rings. The van der Waals surface area contributed by atoms with Gasteiger partial charge in [-0.05, 0) is 26.0 Å². The number of carbonyl (C=O) groups is 2. The number of carbonyl (C=O) groups excluding carboxylic acids is 2. The van der Waals surface area contributed by atoms with E-state index in [-0.39, 0.29) is 0 Å². The fraction of sp³-hybridized carbons (Fsp3) is 0.353. The number of aromatic nitrogens is 1. The maximum absolute atomic E-state index is 11.9. The van der Waals surface area contributed by atoms with Gasteiger partial charge in [0.05, 0.1) is 11.2 Å². The third-order valence-corrected chi connectivity index (χ3v) is 3.24. The first-order valence-electron chi connectivity index (χ1n) is 7.31. The van der Waals surface area contributed by atoms with Gasteiger partial charge in [0.1, 0.15) is 0 Å². The van der Waals surface area contributed by atoms with Gasteiger partial charge in [0.2, 0.25) is 5.78 Å². The van der Waals surface area contributed by atoms with E-state index in [1.165, 1.54) is 0 Å². The number of nitrogens with zero attached hydrogens (tertiary/aromatic N) is 1. The molecule has 0 radical (unpaired) electrons. The molecule has 0 atom stereocenters. The Bertz CT molecular complexity index is 663. The molecule has 1 aromatic heterocycles. The lowest BCUT2D eigenvalue weighted by molar-refractivity contribution is -0.135. The van der Waals surface area contributed by atoms with Gasteiger partial charge in [-0.25, -0.2) is 0 Å². The Morgan fingerprint density at radius 2 is 1.91 bits per heavy atom. The molecule has 2 rings (SSSR count). The van der Waals surface area contributed by atoms with Crippen LogP contribution in [0.3, 0.4) is 0 Å². The Balaban J connectivity index is 2.44. The van der Waals surface area contributed by atoms with Gasteiger partial charge in [-0.3, -0.25) is 14.6 Å². The Kier molecular flexibility index (Phi) is 5.75. The van der Waals surface area contributed by atoms with Gasteiger partial charge in [-0.15, -0.1) is 0 Å². The van der Waals surface area contributed by atoms with Crippen LogP contribution in [0.25, 0.3) is 10.9 Å². The number of fused-ring (bicyclic) bond motifs is 1. The van der Waals surface area contributed by atoms with Crippen LogP contribution in [-0.4, -0.2) is 36.6 Å². The van der Waals surface area contributed by atoms with Gasteiger partial charge in [0.15, 0.2) is 12.6 Å². The molecule has 0 unspecified atom stereocenters. The predicted octanol–water partition coefficient (Wildman–Crippen LogP) is 2.56. The molecular weight excluding hydrogens is 282 g/mol. The first kappa shape index (κ1) is 16.3. The number of hydrogen-bond donors (Lipinski definition) is 0. The first-order valence-corrected chi connectivity index (χ1v) is 7.31. The van der Waals surface area contributed by atoms with Crippen LogP contribution in [-0.2, 0) is 20.7 Å². The molecule has 0 amide bonds. The van der Waals surface area contributed by atoms with Crippen LogP contribution in [0, 0.1) is 0 Å². The highest BCUT2D eigenvalue weighted by molar-refractivity contribution is 6.34. The van der Waals surface area contributed by atoms with Crippen LogP contribution < -0.4 is 0 Å². The standard InChI is InChI=1S/C17H19NO4/c1-3-21-17(22-4-2)10-15-13(16(20)11-19)9-12-7-5-6-8-14(12)18-15/h5-9,11,17H,3-4,10H2,1-2H3. The quantitative estimate of drug-likeness (QED) is 0.324. The average Bonchev–Trinajstić information content (AvgIpc) is 2.54. The molecule has 1 heterocycles. The molecule has 0 saturated heterocycles. The summed E-state index contributed by atoms with van der Waals surface area (Å²) in [5.41, 5.74) is 1.59. The summed E-state index contributed by atoms with van der Waals surface area (Å²) in [4.78, 5) is 27.3. The van der Waals surface area contributed by atoms with E-state index in [0.29, 0.717) is 37.2 Å². The molecule has 0 N–H and O–H groups in total. The molecule has 22 heavy (non-hydrogen) atoms. The highest BCUT2D eigenvalue weighted by Gasteiger charge is 2.18. The maximum Gasteiger partial charge on any atom is 0.227 e. The van der Waals surface area contributed by atoms with Gasteiger partial charge in [0.25, 0.3) is 0 Å². The molecule has 0 aliphatic carbocycles. The molecule has 0 bridgehead atoms. The Labute approximate surface area is 129 Å². The van der Waals surface area contributed by atoms with E-state index in [4.69, 9.17) is 9.47 Å². The van der Waals surface area contributed by atoms with E-state index in [0.717, 1.165) is 10.9 Å². The SMILES string of the molecule is CCOC(Cc1nc2ccccc2cc1C(=O)C=O)OCC. The van der Waals surface area contributed by atoms with Crippen molar-refractivity contribution in [2.75, 3.05) is 13.2 Å². The minimum absolute atomic E-state index is 0.304. The maximum atomic E-state index is 11.9. The molecule has 1 aromatic carbocycles. The number of aldehydes is 1. The van der Waals surface area contributed by atoms with E-state index in [1.54, 1.807) is 6.07 Å². The van der Waals surface area contributed by atoms with Crippen LogP contribution in [0.1, 0.15) is 29.9 Å². The molecular formula is C17H19NO4. The molecule has 0 aliphatic heterocycles.